The van der Waals surface area contributed by atoms with Gasteiger partial charge in [0.1, 0.15) is 23.1 Å². The highest BCUT2D eigenvalue weighted by Crippen LogP contribution is 2.23. The zero-order valence-electron chi connectivity index (χ0n) is 17.9. The van der Waals surface area contributed by atoms with E-state index in [1.807, 2.05) is 18.2 Å². The molecule has 164 valence electrons. The molecule has 0 saturated carbocycles. The van der Waals surface area contributed by atoms with Crippen LogP contribution in [0, 0.1) is 11.3 Å². The molecule has 3 aromatic carbocycles. The maximum absolute atomic E-state index is 13.1. The number of nitrogens with zero attached hydrogens (tertiary/aromatic N) is 1. The number of hydrogen-bond acceptors (Lipinski definition) is 6. The highest BCUT2D eigenvalue weighted by molar-refractivity contribution is 6.16. The monoisotopic (exact) mass is 438 g/mol. The minimum Gasteiger partial charge on any atom is -0.494 e. The van der Waals surface area contributed by atoms with Crippen LogP contribution >= 0.6 is 0 Å². The lowest BCUT2D eigenvalue weighted by Gasteiger charge is -2.09. The molecule has 1 heterocycles. The lowest BCUT2D eigenvalue weighted by molar-refractivity contribution is 0.104. The number of unbranched alkanes of at least 4 members (excludes halogenated alkanes) is 1. The lowest BCUT2D eigenvalue weighted by Crippen LogP contribution is -2.14. The van der Waals surface area contributed by atoms with Crippen LogP contribution in [0.1, 0.15) is 40.1 Å². The number of rotatable bonds is 8. The highest BCUT2D eigenvalue weighted by atomic mass is 16.5. The molecular formula is C27H22N2O4. The molecule has 0 atom stereocenters. The molecule has 0 bridgehead atoms. The second-order valence-corrected chi connectivity index (χ2v) is 7.61. The number of hydrogen-bond donors (Lipinski definition) is 1. The summed E-state index contributed by atoms with van der Waals surface area (Å²) < 4.78 is 11.2. The summed E-state index contributed by atoms with van der Waals surface area (Å²) in [6.45, 7) is 0.588. The molecule has 4 rings (SSSR count). The summed E-state index contributed by atoms with van der Waals surface area (Å²) in [4.78, 5) is 25.8. The van der Waals surface area contributed by atoms with E-state index in [0.29, 0.717) is 17.9 Å². The quantitative estimate of drug-likeness (QED) is 0.310. The Morgan fingerprint density at radius 2 is 1.73 bits per heavy atom. The van der Waals surface area contributed by atoms with Gasteiger partial charge < -0.3 is 14.9 Å². The summed E-state index contributed by atoms with van der Waals surface area (Å²) in [6.07, 6.45) is 2.96. The zero-order chi connectivity index (χ0) is 23.2. The van der Waals surface area contributed by atoms with Crippen LogP contribution in [-0.4, -0.2) is 12.4 Å². The maximum atomic E-state index is 13.1. The first-order chi connectivity index (χ1) is 16.1. The molecule has 1 aromatic heterocycles. The summed E-state index contributed by atoms with van der Waals surface area (Å²) in [6, 6.07) is 23.6. The number of carbonyl (C=O) groups excluding carboxylic acids is 1. The Kier molecular flexibility index (Phi) is 6.51. The van der Waals surface area contributed by atoms with Crippen LogP contribution in [0.3, 0.4) is 0 Å². The molecule has 6 nitrogen and oxygen atoms in total. The van der Waals surface area contributed by atoms with E-state index in [0.717, 1.165) is 19.3 Å². The van der Waals surface area contributed by atoms with Gasteiger partial charge in [-0.25, -0.2) is 0 Å². The zero-order valence-corrected chi connectivity index (χ0v) is 17.9. The predicted octanol–water partition coefficient (Wildman–Crippen LogP) is 4.88. The number of ether oxygens (including phenoxy) is 1. The summed E-state index contributed by atoms with van der Waals surface area (Å²) in [5.41, 5.74) is 6.87. The van der Waals surface area contributed by atoms with E-state index in [4.69, 9.17) is 20.1 Å². The Bertz CT molecular complexity index is 1380. The number of carbonyl (C=O) groups is 1. The van der Waals surface area contributed by atoms with Crippen molar-refractivity contribution in [3.8, 4) is 11.8 Å². The Morgan fingerprint density at radius 1 is 0.970 bits per heavy atom. The van der Waals surface area contributed by atoms with Crippen LogP contribution in [0.2, 0.25) is 0 Å². The van der Waals surface area contributed by atoms with Gasteiger partial charge in [-0.15, -0.1) is 0 Å². The minimum atomic E-state index is -0.591. The number of ketones is 1. The van der Waals surface area contributed by atoms with Gasteiger partial charge in [0.2, 0.25) is 11.2 Å². The van der Waals surface area contributed by atoms with Gasteiger partial charge in [-0.05, 0) is 55.2 Å². The molecule has 0 amide bonds. The minimum absolute atomic E-state index is 0.0674. The molecule has 6 heteroatoms. The van der Waals surface area contributed by atoms with Gasteiger partial charge in [-0.1, -0.05) is 42.5 Å². The van der Waals surface area contributed by atoms with Gasteiger partial charge in [0.25, 0.3) is 0 Å². The van der Waals surface area contributed by atoms with Crippen molar-refractivity contribution in [1.82, 2.24) is 0 Å². The van der Waals surface area contributed by atoms with Crippen LogP contribution in [0.15, 0.2) is 82.0 Å². The van der Waals surface area contributed by atoms with Crippen LogP contribution in [-0.2, 0) is 6.42 Å². The molecule has 0 aliphatic rings. The summed E-state index contributed by atoms with van der Waals surface area (Å²) in [5, 5.41) is 9.15. The Balaban J connectivity index is 1.43. The fourth-order valence-corrected chi connectivity index (χ4v) is 3.65. The Hall–Kier alpha value is -4.37. The average Bonchev–Trinajstić information content (AvgIpc) is 2.86. The first-order valence-electron chi connectivity index (χ1n) is 10.7. The van der Waals surface area contributed by atoms with Crippen molar-refractivity contribution < 1.29 is 13.9 Å². The molecule has 0 unspecified atom stereocenters. The largest absolute Gasteiger partial charge is 0.494 e. The number of aryl methyl sites for hydroxylation is 1. The third kappa shape index (κ3) is 4.78. The van der Waals surface area contributed by atoms with Crippen molar-refractivity contribution in [2.75, 3.05) is 12.3 Å². The second-order valence-electron chi connectivity index (χ2n) is 7.61. The van der Waals surface area contributed by atoms with Crippen molar-refractivity contribution in [3.63, 3.8) is 0 Å². The Labute approximate surface area is 190 Å². The molecule has 0 aliphatic carbocycles. The third-order valence-electron chi connectivity index (χ3n) is 5.39. The molecule has 0 aliphatic heterocycles. The van der Waals surface area contributed by atoms with E-state index in [1.165, 1.54) is 11.6 Å². The molecular weight excluding hydrogens is 416 g/mol. The van der Waals surface area contributed by atoms with Crippen molar-refractivity contribution in [2.45, 2.75) is 19.3 Å². The molecule has 0 fully saturated rings. The van der Waals surface area contributed by atoms with Gasteiger partial charge in [-0.2, -0.15) is 5.26 Å². The van der Waals surface area contributed by atoms with Crippen LogP contribution in [0.5, 0.6) is 5.75 Å². The van der Waals surface area contributed by atoms with Crippen LogP contribution in [0.25, 0.3) is 11.0 Å². The smallest absolute Gasteiger partial charge is 0.230 e. The fraction of sp³-hybridized carbons (Fsp3) is 0.148. The van der Waals surface area contributed by atoms with Crippen molar-refractivity contribution in [2.24, 2.45) is 0 Å². The molecule has 4 aromatic rings. The molecule has 2 N–H and O–H groups in total. The maximum Gasteiger partial charge on any atom is 0.230 e. The summed E-state index contributed by atoms with van der Waals surface area (Å²) in [7, 11) is 0. The van der Waals surface area contributed by atoms with Crippen molar-refractivity contribution in [1.29, 1.82) is 5.26 Å². The topological polar surface area (TPSA) is 106 Å². The summed E-state index contributed by atoms with van der Waals surface area (Å²) >= 11 is 0. The van der Waals surface area contributed by atoms with E-state index in [9.17, 15) is 9.59 Å². The van der Waals surface area contributed by atoms with Gasteiger partial charge in [0.15, 0.2) is 5.78 Å². The predicted molar refractivity (Wildman–Crippen MR) is 126 cm³/mol. The second kappa shape index (κ2) is 9.84. The van der Waals surface area contributed by atoms with Gasteiger partial charge in [-0.3, -0.25) is 9.59 Å². The number of fused-ring (bicyclic) bond motifs is 1. The Morgan fingerprint density at radius 3 is 2.45 bits per heavy atom. The standard InChI is InChI=1S/C27H22N2O4/c28-17-23-25(29)27(31)24-21(10-6-11-22(24)33-23)26(30)19-12-14-20(15-13-19)32-16-5-4-9-18-7-2-1-3-8-18/h1-3,6-8,10-15H,4-5,9,16,29H2. The normalized spacial score (nSPS) is 10.6. The van der Waals surface area contributed by atoms with E-state index < -0.39 is 5.43 Å². The number of nitrogen functional groups attached to an aromatic ring is 1. The van der Waals surface area contributed by atoms with Gasteiger partial charge in [0.05, 0.1) is 12.0 Å². The average molecular weight is 438 g/mol. The van der Waals surface area contributed by atoms with Gasteiger partial charge >= 0.3 is 0 Å². The highest BCUT2D eigenvalue weighted by Gasteiger charge is 2.19. The van der Waals surface area contributed by atoms with Crippen LogP contribution in [0.4, 0.5) is 5.69 Å². The molecule has 0 radical (unpaired) electrons. The summed E-state index contributed by atoms with van der Waals surface area (Å²) in [5.74, 6) is 0.0698. The number of nitriles is 1. The first kappa shape index (κ1) is 21.8. The first-order valence-corrected chi connectivity index (χ1v) is 10.7. The number of anilines is 1. The molecule has 33 heavy (non-hydrogen) atoms. The molecule has 0 spiro atoms. The van der Waals surface area contributed by atoms with Crippen molar-refractivity contribution >= 4 is 22.4 Å². The van der Waals surface area contributed by atoms with E-state index in [2.05, 4.69) is 12.1 Å². The van der Waals surface area contributed by atoms with Gasteiger partial charge in [0, 0.05) is 11.1 Å². The number of benzene rings is 3. The van der Waals surface area contributed by atoms with E-state index in [-0.39, 0.29) is 33.8 Å². The SMILES string of the molecule is N#Cc1oc2cccc(C(=O)c3ccc(OCCCCc4ccccc4)cc3)c2c(=O)c1N. The van der Waals surface area contributed by atoms with Crippen LogP contribution < -0.4 is 15.9 Å². The van der Waals surface area contributed by atoms with E-state index >= 15 is 0 Å². The molecule has 0 saturated heterocycles. The van der Waals surface area contributed by atoms with E-state index in [1.54, 1.807) is 42.5 Å². The lowest BCUT2D eigenvalue weighted by atomic mass is 9.99. The fourth-order valence-electron chi connectivity index (χ4n) is 3.65. The van der Waals surface area contributed by atoms with Crippen molar-refractivity contribution in [3.05, 3.63) is 105 Å². The third-order valence-corrected chi connectivity index (χ3v) is 5.39. The number of nitrogens with two attached hydrogens (primary N) is 1.